The van der Waals surface area contributed by atoms with Crippen LogP contribution in [0.2, 0.25) is 0 Å². The van der Waals surface area contributed by atoms with Crippen molar-refractivity contribution in [1.29, 1.82) is 0 Å². The molecule has 0 aromatic heterocycles. The summed E-state index contributed by atoms with van der Waals surface area (Å²) in [5.41, 5.74) is -0.366. The maximum atomic E-state index is 13.2. The van der Waals surface area contributed by atoms with Gasteiger partial charge in [0.25, 0.3) is 5.69 Å². The highest BCUT2D eigenvalue weighted by atomic mass is 19.1. The predicted molar refractivity (Wildman–Crippen MR) is 69.7 cm³/mol. The zero-order chi connectivity index (χ0) is 14.7. The normalized spacial score (nSPS) is 10.1. The standard InChI is InChI=1S/C13H9FN2O4/c14-8-5-6-9(13(17)18)11(7-8)15-10-3-1-2-4-12(10)16(19)20/h1-7,15H,(H,17,18). The third kappa shape index (κ3) is 2.72. The minimum absolute atomic E-state index is 0.0493. The van der Waals surface area contributed by atoms with Gasteiger partial charge in [0.05, 0.1) is 16.2 Å². The number of carboxylic acid groups (broad SMARTS) is 1. The number of halogens is 1. The Labute approximate surface area is 112 Å². The largest absolute Gasteiger partial charge is 0.478 e. The molecule has 7 heteroatoms. The van der Waals surface area contributed by atoms with E-state index in [1.165, 1.54) is 18.2 Å². The number of carboxylic acids is 1. The fourth-order valence-corrected chi connectivity index (χ4v) is 1.69. The van der Waals surface area contributed by atoms with Gasteiger partial charge >= 0.3 is 5.97 Å². The van der Waals surface area contributed by atoms with Crippen LogP contribution in [-0.4, -0.2) is 16.0 Å². The molecule has 0 saturated carbocycles. The first-order valence-corrected chi connectivity index (χ1v) is 5.52. The molecule has 0 unspecified atom stereocenters. The van der Waals surface area contributed by atoms with Crippen LogP contribution >= 0.6 is 0 Å². The van der Waals surface area contributed by atoms with Crippen LogP contribution < -0.4 is 5.32 Å². The van der Waals surface area contributed by atoms with Gasteiger partial charge < -0.3 is 10.4 Å². The fraction of sp³-hybridized carbons (Fsp3) is 0. The molecule has 2 aromatic rings. The molecule has 0 bridgehead atoms. The van der Waals surface area contributed by atoms with E-state index in [1.807, 2.05) is 0 Å². The Balaban J connectivity index is 2.47. The van der Waals surface area contributed by atoms with E-state index in [9.17, 15) is 19.3 Å². The number of carbonyl (C=O) groups is 1. The Morgan fingerprint density at radius 2 is 1.90 bits per heavy atom. The highest BCUT2D eigenvalue weighted by molar-refractivity contribution is 5.95. The van der Waals surface area contributed by atoms with Crippen molar-refractivity contribution in [2.24, 2.45) is 0 Å². The Morgan fingerprint density at radius 3 is 2.55 bits per heavy atom. The number of hydrogen-bond acceptors (Lipinski definition) is 4. The van der Waals surface area contributed by atoms with Crippen LogP contribution in [0.25, 0.3) is 0 Å². The molecule has 2 N–H and O–H groups in total. The van der Waals surface area contributed by atoms with Crippen molar-refractivity contribution in [2.75, 3.05) is 5.32 Å². The van der Waals surface area contributed by atoms with Gasteiger partial charge in [-0.25, -0.2) is 9.18 Å². The van der Waals surface area contributed by atoms with Gasteiger partial charge in [0.1, 0.15) is 11.5 Å². The van der Waals surface area contributed by atoms with E-state index in [1.54, 1.807) is 6.07 Å². The summed E-state index contributed by atoms with van der Waals surface area (Å²) in [5, 5.41) is 22.5. The first-order chi connectivity index (χ1) is 9.49. The van der Waals surface area contributed by atoms with Crippen LogP contribution in [0, 0.1) is 15.9 Å². The number of nitro benzene ring substituents is 1. The van der Waals surface area contributed by atoms with Crippen LogP contribution in [0.5, 0.6) is 0 Å². The van der Waals surface area contributed by atoms with Crippen LogP contribution in [0.3, 0.4) is 0 Å². The van der Waals surface area contributed by atoms with Crippen molar-refractivity contribution in [2.45, 2.75) is 0 Å². The van der Waals surface area contributed by atoms with Crippen molar-refractivity contribution in [3.63, 3.8) is 0 Å². The average Bonchev–Trinajstić information content (AvgIpc) is 2.38. The van der Waals surface area contributed by atoms with E-state index in [2.05, 4.69) is 5.32 Å². The van der Waals surface area contributed by atoms with Gasteiger partial charge in [-0.2, -0.15) is 0 Å². The minimum atomic E-state index is -1.26. The second-order valence-corrected chi connectivity index (χ2v) is 3.89. The van der Waals surface area contributed by atoms with Gasteiger partial charge in [-0.1, -0.05) is 12.1 Å². The van der Waals surface area contributed by atoms with Crippen LogP contribution in [0.1, 0.15) is 10.4 Å². The quantitative estimate of drug-likeness (QED) is 0.660. The lowest BCUT2D eigenvalue weighted by atomic mass is 10.1. The lowest BCUT2D eigenvalue weighted by Gasteiger charge is -2.10. The maximum absolute atomic E-state index is 13.2. The summed E-state index contributed by atoms with van der Waals surface area (Å²) in [6.45, 7) is 0. The van der Waals surface area contributed by atoms with Gasteiger partial charge in [-0.15, -0.1) is 0 Å². The highest BCUT2D eigenvalue weighted by Gasteiger charge is 2.16. The third-order valence-electron chi connectivity index (χ3n) is 2.58. The average molecular weight is 276 g/mol. The smallest absolute Gasteiger partial charge is 0.337 e. The van der Waals surface area contributed by atoms with Crippen molar-refractivity contribution in [3.8, 4) is 0 Å². The number of rotatable bonds is 4. The minimum Gasteiger partial charge on any atom is -0.478 e. The molecule has 0 aliphatic rings. The van der Waals surface area contributed by atoms with Crippen molar-refractivity contribution >= 4 is 23.0 Å². The molecule has 0 amide bonds. The number of nitrogens with zero attached hydrogens (tertiary/aromatic N) is 1. The predicted octanol–water partition coefficient (Wildman–Crippen LogP) is 3.18. The second kappa shape index (κ2) is 5.35. The maximum Gasteiger partial charge on any atom is 0.337 e. The van der Waals surface area contributed by atoms with Gasteiger partial charge in [0.15, 0.2) is 0 Å². The van der Waals surface area contributed by atoms with E-state index >= 15 is 0 Å². The molecule has 0 spiro atoms. The number of nitrogens with one attached hydrogen (secondary N) is 1. The Kier molecular flexibility index (Phi) is 3.60. The van der Waals surface area contributed by atoms with Gasteiger partial charge in [-0.3, -0.25) is 10.1 Å². The molecule has 0 heterocycles. The Hall–Kier alpha value is -2.96. The van der Waals surface area contributed by atoms with Crippen LogP contribution in [-0.2, 0) is 0 Å². The van der Waals surface area contributed by atoms with Gasteiger partial charge in [-0.05, 0) is 24.3 Å². The first kappa shape index (κ1) is 13.5. The number of nitro groups is 1. The second-order valence-electron chi connectivity index (χ2n) is 3.89. The SMILES string of the molecule is O=C(O)c1ccc(F)cc1Nc1ccccc1[N+](=O)[O-]. The van der Waals surface area contributed by atoms with Crippen molar-refractivity contribution in [3.05, 3.63) is 64.0 Å². The summed E-state index contributed by atoms with van der Waals surface area (Å²) < 4.78 is 13.2. The van der Waals surface area contributed by atoms with E-state index in [4.69, 9.17) is 5.11 Å². The first-order valence-electron chi connectivity index (χ1n) is 5.52. The molecule has 0 aliphatic heterocycles. The lowest BCUT2D eigenvalue weighted by Crippen LogP contribution is -2.04. The number of benzene rings is 2. The monoisotopic (exact) mass is 276 g/mol. The molecule has 0 saturated heterocycles. The van der Waals surface area contributed by atoms with E-state index in [-0.39, 0.29) is 22.6 Å². The van der Waals surface area contributed by atoms with Crippen molar-refractivity contribution < 1.29 is 19.2 Å². The zero-order valence-electron chi connectivity index (χ0n) is 10.0. The van der Waals surface area contributed by atoms with E-state index in [0.717, 1.165) is 18.2 Å². The molecule has 6 nitrogen and oxygen atoms in total. The third-order valence-corrected chi connectivity index (χ3v) is 2.58. The van der Waals surface area contributed by atoms with Crippen LogP contribution in [0.15, 0.2) is 42.5 Å². The van der Waals surface area contributed by atoms with Crippen molar-refractivity contribution in [1.82, 2.24) is 0 Å². The number of para-hydroxylation sites is 2. The molecule has 0 atom stereocenters. The Bertz CT molecular complexity index is 688. The molecular weight excluding hydrogens is 267 g/mol. The van der Waals surface area contributed by atoms with Crippen LogP contribution in [0.4, 0.5) is 21.5 Å². The summed E-state index contributed by atoms with van der Waals surface area (Å²) >= 11 is 0. The summed E-state index contributed by atoms with van der Waals surface area (Å²) in [5.74, 6) is -1.90. The molecule has 0 aliphatic carbocycles. The zero-order valence-corrected chi connectivity index (χ0v) is 10.0. The molecule has 20 heavy (non-hydrogen) atoms. The Morgan fingerprint density at radius 1 is 1.20 bits per heavy atom. The van der Waals surface area contributed by atoms with Gasteiger partial charge in [0.2, 0.25) is 0 Å². The highest BCUT2D eigenvalue weighted by Crippen LogP contribution is 2.29. The fourth-order valence-electron chi connectivity index (χ4n) is 1.69. The summed E-state index contributed by atoms with van der Waals surface area (Å²) in [4.78, 5) is 21.3. The summed E-state index contributed by atoms with van der Waals surface area (Å²) in [7, 11) is 0. The summed E-state index contributed by atoms with van der Waals surface area (Å²) in [6, 6.07) is 8.78. The molecule has 102 valence electrons. The van der Waals surface area contributed by atoms with Gasteiger partial charge in [0, 0.05) is 6.07 Å². The molecule has 0 fully saturated rings. The number of hydrogen-bond donors (Lipinski definition) is 2. The van der Waals surface area contributed by atoms with E-state index in [0.29, 0.717) is 0 Å². The molecular formula is C13H9FN2O4. The summed E-state index contributed by atoms with van der Waals surface area (Å²) in [6.07, 6.45) is 0. The molecule has 2 rings (SSSR count). The number of anilines is 2. The molecule has 0 radical (unpaired) electrons. The van der Waals surface area contributed by atoms with E-state index < -0.39 is 16.7 Å². The topological polar surface area (TPSA) is 92.5 Å². The lowest BCUT2D eigenvalue weighted by molar-refractivity contribution is -0.383. The number of aromatic carboxylic acids is 1. The molecule has 2 aromatic carbocycles.